The third kappa shape index (κ3) is 2.91. The third-order valence-electron chi connectivity index (χ3n) is 3.17. The van der Waals surface area contributed by atoms with Crippen LogP contribution in [0.5, 0.6) is 0 Å². The number of rotatable bonds is 4. The first kappa shape index (κ1) is 15.9. The molecule has 2 rings (SSSR count). The second-order valence-corrected chi connectivity index (χ2v) is 5.33. The van der Waals surface area contributed by atoms with E-state index < -0.39 is 23.5 Å². The van der Waals surface area contributed by atoms with Gasteiger partial charge in [0.25, 0.3) is 0 Å². The molecule has 2 aromatic rings. The summed E-state index contributed by atoms with van der Waals surface area (Å²) in [4.78, 5) is 0. The van der Waals surface area contributed by atoms with E-state index in [9.17, 15) is 13.2 Å². The Bertz CT molecular complexity index is 632. The van der Waals surface area contributed by atoms with E-state index in [-0.39, 0.29) is 16.6 Å². The van der Waals surface area contributed by atoms with E-state index in [2.05, 4.69) is 10.4 Å². The smallest absolute Gasteiger partial charge is 0.134 e. The zero-order valence-corrected chi connectivity index (χ0v) is 12.5. The molecule has 1 N–H and O–H groups in total. The summed E-state index contributed by atoms with van der Waals surface area (Å²) in [6.45, 7) is 3.74. The van der Waals surface area contributed by atoms with Gasteiger partial charge in [0.05, 0.1) is 23.0 Å². The summed E-state index contributed by atoms with van der Waals surface area (Å²) in [6.07, 6.45) is 1.42. The number of halogens is 4. The Hall–Kier alpha value is -1.53. The summed E-state index contributed by atoms with van der Waals surface area (Å²) < 4.78 is 42.7. The van der Waals surface area contributed by atoms with Gasteiger partial charge in [-0.2, -0.15) is 5.10 Å². The van der Waals surface area contributed by atoms with Gasteiger partial charge in [-0.05, 0) is 20.9 Å². The fraction of sp³-hybridized carbons (Fsp3) is 0.357. The lowest BCUT2D eigenvalue weighted by Crippen LogP contribution is -2.25. The topological polar surface area (TPSA) is 29.9 Å². The van der Waals surface area contributed by atoms with E-state index in [0.29, 0.717) is 17.8 Å². The lowest BCUT2D eigenvalue weighted by molar-refractivity contribution is 0.457. The average Bonchev–Trinajstić information content (AvgIpc) is 2.75. The van der Waals surface area contributed by atoms with Crippen LogP contribution in [0.1, 0.15) is 37.2 Å². The van der Waals surface area contributed by atoms with Crippen molar-refractivity contribution in [3.05, 3.63) is 52.1 Å². The summed E-state index contributed by atoms with van der Waals surface area (Å²) >= 11 is 6.11. The number of aromatic nitrogens is 2. The van der Waals surface area contributed by atoms with Crippen molar-refractivity contribution in [2.24, 2.45) is 0 Å². The highest BCUT2D eigenvalue weighted by Gasteiger charge is 2.27. The van der Waals surface area contributed by atoms with Gasteiger partial charge in [-0.15, -0.1) is 0 Å². The molecular formula is C14H15ClF3N3. The summed E-state index contributed by atoms with van der Waals surface area (Å²) in [5.74, 6) is -2.91. The second-order valence-electron chi connectivity index (χ2n) is 4.92. The minimum absolute atomic E-state index is 0.0464. The summed E-state index contributed by atoms with van der Waals surface area (Å²) in [5, 5.41) is 7.21. The molecule has 0 aliphatic rings. The first-order valence-electron chi connectivity index (χ1n) is 6.41. The van der Waals surface area contributed by atoms with Crippen LogP contribution in [0.2, 0.25) is 5.02 Å². The van der Waals surface area contributed by atoms with Crippen LogP contribution in [-0.2, 0) is 0 Å². The highest BCUT2D eigenvalue weighted by atomic mass is 35.5. The Morgan fingerprint density at radius 2 is 1.76 bits per heavy atom. The fourth-order valence-corrected chi connectivity index (χ4v) is 2.52. The van der Waals surface area contributed by atoms with Crippen LogP contribution in [0.15, 0.2) is 18.3 Å². The maximum absolute atomic E-state index is 14.0. The molecule has 0 saturated carbocycles. The van der Waals surface area contributed by atoms with Crippen molar-refractivity contribution in [1.82, 2.24) is 15.1 Å². The highest BCUT2D eigenvalue weighted by molar-refractivity contribution is 6.31. The van der Waals surface area contributed by atoms with Crippen LogP contribution in [0.25, 0.3) is 0 Å². The molecule has 1 atom stereocenters. The zero-order valence-electron chi connectivity index (χ0n) is 11.8. The maximum Gasteiger partial charge on any atom is 0.134 e. The molecule has 21 heavy (non-hydrogen) atoms. The molecule has 114 valence electrons. The zero-order chi connectivity index (χ0) is 15.7. The second kappa shape index (κ2) is 6.07. The van der Waals surface area contributed by atoms with Crippen molar-refractivity contribution in [1.29, 1.82) is 0 Å². The van der Waals surface area contributed by atoms with Gasteiger partial charge in [0.15, 0.2) is 0 Å². The molecular weight excluding hydrogens is 303 g/mol. The quantitative estimate of drug-likeness (QED) is 0.928. The molecule has 1 heterocycles. The van der Waals surface area contributed by atoms with Crippen LogP contribution in [-0.4, -0.2) is 16.8 Å². The number of hydrogen-bond acceptors (Lipinski definition) is 2. The number of hydrogen-bond donors (Lipinski definition) is 1. The van der Waals surface area contributed by atoms with Crippen molar-refractivity contribution < 1.29 is 13.2 Å². The number of nitrogens with one attached hydrogen (secondary N) is 1. The average molecular weight is 318 g/mol. The largest absolute Gasteiger partial charge is 0.308 e. The Balaban J connectivity index is 2.64. The SMILES string of the molecule is CNC(c1c(F)cc(F)cc1F)c1c(Cl)cnn1C(C)C. The monoisotopic (exact) mass is 317 g/mol. The van der Waals surface area contributed by atoms with Gasteiger partial charge >= 0.3 is 0 Å². The van der Waals surface area contributed by atoms with E-state index >= 15 is 0 Å². The molecule has 3 nitrogen and oxygen atoms in total. The minimum atomic E-state index is -0.973. The summed E-state index contributed by atoms with van der Waals surface area (Å²) in [6, 6.07) is 0.373. The molecule has 0 fully saturated rings. The van der Waals surface area contributed by atoms with Crippen molar-refractivity contribution in [2.75, 3.05) is 7.05 Å². The molecule has 0 spiro atoms. The Morgan fingerprint density at radius 3 is 2.24 bits per heavy atom. The van der Waals surface area contributed by atoms with Crippen molar-refractivity contribution in [3.63, 3.8) is 0 Å². The van der Waals surface area contributed by atoms with Gasteiger partial charge in [-0.3, -0.25) is 4.68 Å². The lowest BCUT2D eigenvalue weighted by Gasteiger charge is -2.22. The van der Waals surface area contributed by atoms with E-state index in [1.807, 2.05) is 13.8 Å². The Morgan fingerprint density at radius 1 is 1.19 bits per heavy atom. The van der Waals surface area contributed by atoms with Gasteiger partial charge in [0.1, 0.15) is 17.5 Å². The number of benzene rings is 1. The molecule has 0 radical (unpaired) electrons. The van der Waals surface area contributed by atoms with Gasteiger partial charge in [-0.1, -0.05) is 11.6 Å². The van der Waals surface area contributed by atoms with Crippen molar-refractivity contribution in [2.45, 2.75) is 25.9 Å². The first-order chi connectivity index (χ1) is 9.86. The van der Waals surface area contributed by atoms with Gasteiger partial charge in [-0.25, -0.2) is 13.2 Å². The fourth-order valence-electron chi connectivity index (χ4n) is 2.28. The molecule has 0 aliphatic carbocycles. The summed E-state index contributed by atoms with van der Waals surface area (Å²) in [5.41, 5.74) is 0.141. The predicted molar refractivity (Wildman–Crippen MR) is 74.8 cm³/mol. The van der Waals surface area contributed by atoms with Gasteiger partial charge in [0.2, 0.25) is 0 Å². The normalized spacial score (nSPS) is 13.0. The van der Waals surface area contributed by atoms with Crippen LogP contribution in [0.4, 0.5) is 13.2 Å². The van der Waals surface area contributed by atoms with Gasteiger partial charge in [0, 0.05) is 23.7 Å². The van der Waals surface area contributed by atoms with Gasteiger partial charge < -0.3 is 5.32 Å². The minimum Gasteiger partial charge on any atom is -0.308 e. The standard InChI is InChI=1S/C14H15ClF3N3/c1-7(2)21-14(9(15)6-20-21)13(19-3)12-10(17)4-8(16)5-11(12)18/h4-7,13,19H,1-3H3. The van der Waals surface area contributed by atoms with E-state index in [0.717, 1.165) is 0 Å². The Kier molecular flexibility index (Phi) is 4.58. The molecule has 1 unspecified atom stereocenters. The maximum atomic E-state index is 14.0. The molecule has 0 amide bonds. The summed E-state index contributed by atoms with van der Waals surface area (Å²) in [7, 11) is 1.54. The lowest BCUT2D eigenvalue weighted by atomic mass is 10.0. The predicted octanol–water partition coefficient (Wildman–Crippen LogP) is 3.84. The van der Waals surface area contributed by atoms with Crippen molar-refractivity contribution in [3.8, 4) is 0 Å². The van der Waals surface area contributed by atoms with Crippen LogP contribution >= 0.6 is 11.6 Å². The number of nitrogens with zero attached hydrogens (tertiary/aromatic N) is 2. The molecule has 1 aromatic heterocycles. The Labute approximate surface area is 125 Å². The molecule has 0 aliphatic heterocycles. The molecule has 0 saturated heterocycles. The molecule has 7 heteroatoms. The van der Waals surface area contributed by atoms with Crippen LogP contribution in [0.3, 0.4) is 0 Å². The third-order valence-corrected chi connectivity index (χ3v) is 3.46. The first-order valence-corrected chi connectivity index (χ1v) is 6.79. The highest BCUT2D eigenvalue weighted by Crippen LogP contribution is 2.33. The van der Waals surface area contributed by atoms with Crippen molar-refractivity contribution >= 4 is 11.6 Å². The van der Waals surface area contributed by atoms with E-state index in [4.69, 9.17) is 11.6 Å². The molecule has 0 bridgehead atoms. The van der Waals surface area contributed by atoms with Crippen LogP contribution < -0.4 is 5.32 Å². The van der Waals surface area contributed by atoms with E-state index in [1.165, 1.54) is 6.20 Å². The van der Waals surface area contributed by atoms with E-state index in [1.54, 1.807) is 11.7 Å². The molecule has 1 aromatic carbocycles. The van der Waals surface area contributed by atoms with Crippen LogP contribution in [0, 0.1) is 17.5 Å².